The first-order chi connectivity index (χ1) is 8.48. The minimum Gasteiger partial charge on any atom is -0.619 e. The van der Waals surface area contributed by atoms with Gasteiger partial charge in [-0.2, -0.15) is 17.9 Å². The molecule has 0 heterocycles. The third kappa shape index (κ3) is 3.19. The SMILES string of the molecule is C=[N+]([O-])c1cc(OC)c(C(C)(C)C)cc1C(F)(F)F. The van der Waals surface area contributed by atoms with E-state index >= 15 is 0 Å². The van der Waals surface area contributed by atoms with Crippen LogP contribution >= 0.6 is 0 Å². The first-order valence-electron chi connectivity index (χ1n) is 5.56. The molecule has 0 spiro atoms. The van der Waals surface area contributed by atoms with Crippen LogP contribution in [0.4, 0.5) is 18.9 Å². The topological polar surface area (TPSA) is 35.3 Å². The third-order valence-electron chi connectivity index (χ3n) is 2.70. The molecule has 0 aliphatic carbocycles. The Bertz CT molecular complexity index is 502. The molecule has 6 heteroatoms. The summed E-state index contributed by atoms with van der Waals surface area (Å²) in [6, 6.07) is 2.02. The summed E-state index contributed by atoms with van der Waals surface area (Å²) in [6.07, 6.45) is -4.62. The van der Waals surface area contributed by atoms with Gasteiger partial charge in [0, 0.05) is 5.56 Å². The maximum Gasteiger partial charge on any atom is 0.422 e. The zero-order chi connectivity index (χ0) is 15.0. The van der Waals surface area contributed by atoms with E-state index in [9.17, 15) is 18.4 Å². The van der Waals surface area contributed by atoms with Crippen molar-refractivity contribution < 1.29 is 22.6 Å². The van der Waals surface area contributed by atoms with Crippen molar-refractivity contribution in [2.75, 3.05) is 7.11 Å². The smallest absolute Gasteiger partial charge is 0.422 e. The second-order valence-corrected chi connectivity index (χ2v) is 5.20. The molecule has 3 nitrogen and oxygen atoms in total. The second-order valence-electron chi connectivity index (χ2n) is 5.20. The van der Waals surface area contributed by atoms with Gasteiger partial charge in [0.2, 0.25) is 5.69 Å². The predicted octanol–water partition coefficient (Wildman–Crippen LogP) is 3.85. The van der Waals surface area contributed by atoms with Crippen molar-refractivity contribution in [3.05, 3.63) is 28.5 Å². The van der Waals surface area contributed by atoms with E-state index in [-0.39, 0.29) is 10.5 Å². The highest BCUT2D eigenvalue weighted by Gasteiger charge is 2.39. The molecule has 106 valence electrons. The molecule has 0 amide bonds. The number of hydrogen-bond acceptors (Lipinski definition) is 2. The lowest BCUT2D eigenvalue weighted by Gasteiger charge is -2.24. The van der Waals surface area contributed by atoms with Gasteiger partial charge in [-0.3, -0.25) is 0 Å². The maximum atomic E-state index is 13.0. The van der Waals surface area contributed by atoms with Gasteiger partial charge in [-0.15, -0.1) is 0 Å². The van der Waals surface area contributed by atoms with Gasteiger partial charge in [0.25, 0.3) is 0 Å². The van der Waals surface area contributed by atoms with E-state index < -0.39 is 22.8 Å². The number of benzene rings is 1. The zero-order valence-electron chi connectivity index (χ0n) is 11.3. The molecule has 0 aromatic heterocycles. The monoisotopic (exact) mass is 275 g/mol. The molecule has 0 N–H and O–H groups in total. The largest absolute Gasteiger partial charge is 0.619 e. The van der Waals surface area contributed by atoms with Gasteiger partial charge in [-0.1, -0.05) is 20.8 Å². The van der Waals surface area contributed by atoms with Crippen LogP contribution in [0.3, 0.4) is 0 Å². The molecule has 0 fully saturated rings. The Hall–Kier alpha value is -1.72. The Balaban J connectivity index is 3.67. The van der Waals surface area contributed by atoms with E-state index in [1.54, 1.807) is 20.8 Å². The Kier molecular flexibility index (Phi) is 3.84. The molecule has 0 saturated carbocycles. The fourth-order valence-electron chi connectivity index (χ4n) is 1.76. The van der Waals surface area contributed by atoms with Gasteiger partial charge >= 0.3 is 6.18 Å². The number of alkyl halides is 3. The van der Waals surface area contributed by atoms with Gasteiger partial charge in [0.05, 0.1) is 13.2 Å². The van der Waals surface area contributed by atoms with Gasteiger partial charge in [0.1, 0.15) is 18.0 Å². The Morgan fingerprint density at radius 1 is 1.16 bits per heavy atom. The van der Waals surface area contributed by atoms with Gasteiger partial charge in [-0.05, 0) is 11.5 Å². The summed E-state index contributed by atoms with van der Waals surface area (Å²) in [5, 5.41) is 11.2. The molecule has 1 rings (SSSR count). The predicted molar refractivity (Wildman–Crippen MR) is 67.1 cm³/mol. The quantitative estimate of drug-likeness (QED) is 0.355. The zero-order valence-corrected chi connectivity index (χ0v) is 11.3. The lowest BCUT2D eigenvalue weighted by molar-refractivity contribution is -0.353. The molecule has 0 radical (unpaired) electrons. The average Bonchev–Trinajstić information content (AvgIpc) is 2.24. The molecule has 0 aliphatic heterocycles. The average molecular weight is 275 g/mol. The summed E-state index contributed by atoms with van der Waals surface area (Å²) in [6.45, 7) is 8.28. The van der Waals surface area contributed by atoms with E-state index in [1.807, 2.05) is 0 Å². The fourth-order valence-corrected chi connectivity index (χ4v) is 1.76. The number of rotatable bonds is 2. The van der Waals surface area contributed by atoms with E-state index in [4.69, 9.17) is 4.74 Å². The summed E-state index contributed by atoms with van der Waals surface area (Å²) in [5.41, 5.74) is -1.73. The van der Waals surface area contributed by atoms with Gasteiger partial charge in [0.15, 0.2) is 0 Å². The molecule has 19 heavy (non-hydrogen) atoms. The van der Waals surface area contributed by atoms with E-state index in [1.165, 1.54) is 7.11 Å². The summed E-state index contributed by atoms with van der Waals surface area (Å²) in [7, 11) is 1.35. The van der Waals surface area contributed by atoms with Crippen molar-refractivity contribution >= 4 is 12.4 Å². The van der Waals surface area contributed by atoms with Crippen LogP contribution in [0.25, 0.3) is 0 Å². The minimum atomic E-state index is -4.62. The number of halogens is 3. The summed E-state index contributed by atoms with van der Waals surface area (Å²) >= 11 is 0. The van der Waals surface area contributed by atoms with E-state index in [2.05, 4.69) is 6.72 Å². The number of methoxy groups -OCH3 is 1. The Labute approximate surface area is 109 Å². The van der Waals surface area contributed by atoms with Crippen LogP contribution < -0.4 is 4.74 Å². The highest BCUT2D eigenvalue weighted by Crippen LogP contribution is 2.42. The lowest BCUT2D eigenvalue weighted by atomic mass is 9.85. The summed E-state index contributed by atoms with van der Waals surface area (Å²) in [4.78, 5) is 0. The number of hydrogen-bond donors (Lipinski definition) is 0. The third-order valence-corrected chi connectivity index (χ3v) is 2.70. The minimum absolute atomic E-state index is 0.0578. The lowest BCUT2D eigenvalue weighted by Crippen LogP contribution is -2.17. The Morgan fingerprint density at radius 3 is 2.00 bits per heavy atom. The second kappa shape index (κ2) is 4.75. The van der Waals surface area contributed by atoms with Crippen molar-refractivity contribution in [1.29, 1.82) is 0 Å². The maximum absolute atomic E-state index is 13.0. The van der Waals surface area contributed by atoms with Crippen LogP contribution in [-0.4, -0.2) is 18.6 Å². The molecule has 1 aromatic carbocycles. The van der Waals surface area contributed by atoms with Crippen LogP contribution in [0.2, 0.25) is 0 Å². The van der Waals surface area contributed by atoms with Crippen molar-refractivity contribution in [3.63, 3.8) is 0 Å². The van der Waals surface area contributed by atoms with Gasteiger partial charge < -0.3 is 9.94 Å². The van der Waals surface area contributed by atoms with E-state index in [0.717, 1.165) is 12.1 Å². The molecular weight excluding hydrogens is 259 g/mol. The van der Waals surface area contributed by atoms with Crippen LogP contribution in [0.1, 0.15) is 31.9 Å². The van der Waals surface area contributed by atoms with E-state index in [0.29, 0.717) is 5.56 Å². The number of ether oxygens (including phenoxy) is 1. The van der Waals surface area contributed by atoms with Crippen LogP contribution in [0.15, 0.2) is 12.1 Å². The van der Waals surface area contributed by atoms with Gasteiger partial charge in [-0.25, -0.2) is 0 Å². The molecule has 0 saturated heterocycles. The first-order valence-corrected chi connectivity index (χ1v) is 5.56. The summed E-state index contributed by atoms with van der Waals surface area (Å²) in [5.74, 6) is 0.236. The highest BCUT2D eigenvalue weighted by atomic mass is 19.4. The Morgan fingerprint density at radius 2 is 1.68 bits per heavy atom. The fraction of sp³-hybridized carbons (Fsp3) is 0.462. The standard InChI is InChI=1S/C13H16F3NO2/c1-12(2,3)9-6-8(13(14,15)16)10(17(4)18)7-11(9)19-5/h6-7H,4H2,1-3,5H3. The molecule has 0 bridgehead atoms. The molecule has 0 unspecified atom stereocenters. The van der Waals surface area contributed by atoms with Crippen molar-refractivity contribution in [3.8, 4) is 5.75 Å². The van der Waals surface area contributed by atoms with Crippen LogP contribution in [0.5, 0.6) is 5.75 Å². The summed E-state index contributed by atoms with van der Waals surface area (Å²) < 4.78 is 43.9. The molecule has 1 aromatic rings. The molecule has 0 atom stereocenters. The van der Waals surface area contributed by atoms with Crippen LogP contribution in [0, 0.1) is 5.21 Å². The normalized spacial score (nSPS) is 12.4. The molecule has 0 aliphatic rings. The van der Waals surface area contributed by atoms with Crippen molar-refractivity contribution in [2.24, 2.45) is 0 Å². The van der Waals surface area contributed by atoms with Crippen molar-refractivity contribution in [1.82, 2.24) is 0 Å². The molecular formula is C13H16F3NO2. The van der Waals surface area contributed by atoms with Crippen molar-refractivity contribution in [2.45, 2.75) is 32.4 Å². The first kappa shape index (κ1) is 15.3. The van der Waals surface area contributed by atoms with Crippen LogP contribution in [-0.2, 0) is 11.6 Å². The highest BCUT2D eigenvalue weighted by molar-refractivity contribution is 5.55. The number of nitrogens with zero attached hydrogens (tertiary/aromatic N) is 1.